The van der Waals surface area contributed by atoms with E-state index in [1.54, 1.807) is 16.7 Å². The van der Waals surface area contributed by atoms with Crippen molar-refractivity contribution in [1.29, 1.82) is 0 Å². The normalized spacial score (nSPS) is 17.5. The number of esters is 1. The fourth-order valence-electron chi connectivity index (χ4n) is 1.49. The Kier molecular flexibility index (Phi) is 2.80. The number of thiophene rings is 1. The minimum atomic E-state index is -0.407. The Morgan fingerprint density at radius 2 is 2.40 bits per heavy atom. The molecular weight excluding hydrogens is 212 g/mol. The molecule has 2 rings (SSSR count). The summed E-state index contributed by atoms with van der Waals surface area (Å²) in [6.07, 6.45) is 3.48. The van der Waals surface area contributed by atoms with Crippen LogP contribution in [0, 0.1) is 0 Å². The number of aryl methyl sites for hydroxylation is 1. The first-order valence-electron chi connectivity index (χ1n) is 5.01. The highest BCUT2D eigenvalue weighted by atomic mass is 32.1. The van der Waals surface area contributed by atoms with Gasteiger partial charge in [-0.05, 0) is 31.7 Å². The van der Waals surface area contributed by atoms with Gasteiger partial charge in [0.25, 0.3) is 0 Å². The Morgan fingerprint density at radius 3 is 3.00 bits per heavy atom. The van der Waals surface area contributed by atoms with E-state index in [4.69, 9.17) is 0 Å². The number of ether oxygens (including phenoxy) is 1. The van der Waals surface area contributed by atoms with Crippen LogP contribution in [0.25, 0.3) is 0 Å². The highest BCUT2D eigenvalue weighted by Crippen LogP contribution is 2.39. The molecule has 0 unspecified atom stereocenters. The van der Waals surface area contributed by atoms with E-state index in [0.717, 1.165) is 30.6 Å². The number of carbonyl (C=O) groups excluding carboxylic acids is 1. The molecule has 1 aromatic heterocycles. The van der Waals surface area contributed by atoms with Gasteiger partial charge in [0.05, 0.1) is 18.3 Å². The zero-order valence-electron chi connectivity index (χ0n) is 8.66. The molecule has 0 saturated heterocycles. The maximum atomic E-state index is 11.2. The van der Waals surface area contributed by atoms with Gasteiger partial charge in [-0.2, -0.15) is 0 Å². The van der Waals surface area contributed by atoms with Crippen molar-refractivity contribution in [2.75, 3.05) is 7.11 Å². The molecule has 0 radical (unpaired) electrons. The van der Waals surface area contributed by atoms with Crippen molar-refractivity contribution in [2.24, 2.45) is 0 Å². The van der Waals surface area contributed by atoms with Gasteiger partial charge >= 0.3 is 5.97 Å². The lowest BCUT2D eigenvalue weighted by Crippen LogP contribution is -2.07. The molecule has 1 saturated carbocycles. The maximum Gasteiger partial charge on any atom is 0.338 e. The van der Waals surface area contributed by atoms with E-state index in [2.05, 4.69) is 4.74 Å². The molecular formula is C11H14O3S. The molecule has 0 spiro atoms. The molecule has 15 heavy (non-hydrogen) atoms. The van der Waals surface area contributed by atoms with Crippen LogP contribution in [0.5, 0.6) is 0 Å². The molecule has 0 atom stereocenters. The second-order valence-electron chi connectivity index (χ2n) is 4.02. The molecule has 0 amide bonds. The third kappa shape index (κ3) is 2.58. The van der Waals surface area contributed by atoms with E-state index in [1.807, 2.05) is 6.07 Å². The Labute approximate surface area is 92.7 Å². The van der Waals surface area contributed by atoms with Gasteiger partial charge in [0.15, 0.2) is 0 Å². The van der Waals surface area contributed by atoms with Crippen LogP contribution in [0.2, 0.25) is 0 Å². The first-order valence-corrected chi connectivity index (χ1v) is 5.89. The summed E-state index contributed by atoms with van der Waals surface area (Å²) >= 11 is 1.55. The van der Waals surface area contributed by atoms with E-state index in [0.29, 0.717) is 5.56 Å². The standard InChI is InChI=1S/C11H14O3S/c1-14-10(12)8-6-9(15-7-8)2-3-11(13)4-5-11/h6-7,13H,2-5H2,1H3. The predicted octanol–water partition coefficient (Wildman–Crippen LogP) is 1.99. The average Bonchev–Trinajstić information content (AvgIpc) is 2.81. The Balaban J connectivity index is 1.92. The van der Waals surface area contributed by atoms with Gasteiger partial charge < -0.3 is 9.84 Å². The number of hydrogen-bond acceptors (Lipinski definition) is 4. The zero-order chi connectivity index (χ0) is 10.9. The molecule has 1 heterocycles. The third-order valence-corrected chi connectivity index (χ3v) is 3.74. The summed E-state index contributed by atoms with van der Waals surface area (Å²) in [4.78, 5) is 12.3. The quantitative estimate of drug-likeness (QED) is 0.799. The van der Waals surface area contributed by atoms with Gasteiger partial charge in [0, 0.05) is 10.3 Å². The number of aliphatic hydroxyl groups is 1. The van der Waals surface area contributed by atoms with Gasteiger partial charge in [-0.25, -0.2) is 4.79 Å². The summed E-state index contributed by atoms with van der Waals surface area (Å²) in [5, 5.41) is 11.5. The van der Waals surface area contributed by atoms with Gasteiger partial charge in [-0.1, -0.05) is 0 Å². The summed E-state index contributed by atoms with van der Waals surface area (Å²) in [6, 6.07) is 1.85. The molecule has 1 N–H and O–H groups in total. The fourth-order valence-corrected chi connectivity index (χ4v) is 2.34. The fraction of sp³-hybridized carbons (Fsp3) is 0.545. The molecule has 4 heteroatoms. The summed E-state index contributed by atoms with van der Waals surface area (Å²) in [5.41, 5.74) is 0.204. The predicted molar refractivity (Wildman–Crippen MR) is 58.2 cm³/mol. The lowest BCUT2D eigenvalue weighted by Gasteiger charge is -2.04. The van der Waals surface area contributed by atoms with Gasteiger partial charge in [-0.3, -0.25) is 0 Å². The molecule has 0 bridgehead atoms. The smallest absolute Gasteiger partial charge is 0.338 e. The van der Waals surface area contributed by atoms with Crippen LogP contribution in [0.3, 0.4) is 0 Å². The Hall–Kier alpha value is -0.870. The SMILES string of the molecule is COC(=O)c1csc(CCC2(O)CC2)c1. The van der Waals surface area contributed by atoms with Gasteiger partial charge in [0.2, 0.25) is 0 Å². The van der Waals surface area contributed by atoms with Crippen LogP contribution in [-0.2, 0) is 11.2 Å². The largest absolute Gasteiger partial charge is 0.465 e. The van der Waals surface area contributed by atoms with Gasteiger partial charge in [0.1, 0.15) is 0 Å². The van der Waals surface area contributed by atoms with E-state index in [-0.39, 0.29) is 5.97 Å². The van der Waals surface area contributed by atoms with Crippen molar-refractivity contribution >= 4 is 17.3 Å². The van der Waals surface area contributed by atoms with Crippen LogP contribution >= 0.6 is 11.3 Å². The highest BCUT2D eigenvalue weighted by molar-refractivity contribution is 7.10. The number of hydrogen-bond donors (Lipinski definition) is 1. The maximum absolute atomic E-state index is 11.2. The van der Waals surface area contributed by atoms with E-state index >= 15 is 0 Å². The van der Waals surface area contributed by atoms with Crippen molar-refractivity contribution < 1.29 is 14.6 Å². The van der Waals surface area contributed by atoms with Crippen LogP contribution in [-0.4, -0.2) is 23.8 Å². The van der Waals surface area contributed by atoms with Crippen LogP contribution in [0.4, 0.5) is 0 Å². The van der Waals surface area contributed by atoms with Crippen molar-refractivity contribution in [1.82, 2.24) is 0 Å². The van der Waals surface area contributed by atoms with Crippen LogP contribution in [0.15, 0.2) is 11.4 Å². The van der Waals surface area contributed by atoms with Crippen molar-refractivity contribution in [3.8, 4) is 0 Å². The lowest BCUT2D eigenvalue weighted by atomic mass is 10.1. The van der Waals surface area contributed by atoms with Crippen molar-refractivity contribution in [2.45, 2.75) is 31.3 Å². The Bertz CT molecular complexity index is 366. The molecule has 0 aliphatic heterocycles. The Morgan fingerprint density at radius 1 is 1.67 bits per heavy atom. The van der Waals surface area contributed by atoms with E-state index in [1.165, 1.54) is 7.11 Å². The topological polar surface area (TPSA) is 46.5 Å². The zero-order valence-corrected chi connectivity index (χ0v) is 9.47. The molecule has 1 fully saturated rings. The number of carbonyl (C=O) groups is 1. The van der Waals surface area contributed by atoms with Crippen molar-refractivity contribution in [3.63, 3.8) is 0 Å². The first-order chi connectivity index (χ1) is 7.13. The number of rotatable bonds is 4. The number of methoxy groups -OCH3 is 1. The molecule has 82 valence electrons. The lowest BCUT2D eigenvalue weighted by molar-refractivity contribution is 0.0601. The summed E-state index contributed by atoms with van der Waals surface area (Å²) in [5.74, 6) is -0.289. The highest BCUT2D eigenvalue weighted by Gasteiger charge is 2.39. The second-order valence-corrected chi connectivity index (χ2v) is 5.01. The van der Waals surface area contributed by atoms with E-state index < -0.39 is 5.60 Å². The molecule has 1 aliphatic rings. The molecule has 3 nitrogen and oxygen atoms in total. The second kappa shape index (κ2) is 3.94. The summed E-state index contributed by atoms with van der Waals surface area (Å²) in [7, 11) is 1.38. The van der Waals surface area contributed by atoms with Crippen molar-refractivity contribution in [3.05, 3.63) is 21.9 Å². The molecule has 1 aromatic rings. The monoisotopic (exact) mass is 226 g/mol. The van der Waals surface area contributed by atoms with Crippen LogP contribution in [0.1, 0.15) is 34.5 Å². The summed E-state index contributed by atoms with van der Waals surface area (Å²) < 4.78 is 4.63. The third-order valence-electron chi connectivity index (χ3n) is 2.74. The first kappa shape index (κ1) is 10.6. The van der Waals surface area contributed by atoms with E-state index in [9.17, 15) is 9.90 Å². The van der Waals surface area contributed by atoms with Crippen LogP contribution < -0.4 is 0 Å². The molecule has 1 aliphatic carbocycles. The summed E-state index contributed by atoms with van der Waals surface area (Å²) in [6.45, 7) is 0. The minimum Gasteiger partial charge on any atom is -0.465 e. The van der Waals surface area contributed by atoms with Gasteiger partial charge in [-0.15, -0.1) is 11.3 Å². The minimum absolute atomic E-state index is 0.289. The molecule has 0 aromatic carbocycles. The average molecular weight is 226 g/mol.